The molecule has 13 heavy (non-hydrogen) atoms. The number of rotatable bonds is 4. The van der Waals surface area contributed by atoms with Crippen molar-refractivity contribution in [2.75, 3.05) is 11.9 Å². The van der Waals surface area contributed by atoms with Crippen molar-refractivity contribution in [2.45, 2.75) is 20.3 Å². The molecular formula is C10H16N2O. The monoisotopic (exact) mass is 180 g/mol. The molecule has 0 unspecified atom stereocenters. The molecule has 0 fully saturated rings. The standard InChI is InChI=1S/C10H16N2O/c1-8(2)3-6-12-9-7-11-5-4-10(9)13/h4-5,7-8,12H,3,6H2,1-2H3,(H,11,13). The fourth-order valence-electron chi connectivity index (χ4n) is 1.05. The highest BCUT2D eigenvalue weighted by atomic mass is 16.1. The molecule has 0 saturated heterocycles. The summed E-state index contributed by atoms with van der Waals surface area (Å²) in [6.45, 7) is 5.18. The highest BCUT2D eigenvalue weighted by molar-refractivity contribution is 5.39. The molecule has 0 aromatic carbocycles. The molecule has 2 N–H and O–H groups in total. The summed E-state index contributed by atoms with van der Waals surface area (Å²) in [6, 6.07) is 1.53. The van der Waals surface area contributed by atoms with Crippen LogP contribution in [0.1, 0.15) is 20.3 Å². The van der Waals surface area contributed by atoms with Gasteiger partial charge in [-0.2, -0.15) is 0 Å². The van der Waals surface area contributed by atoms with Gasteiger partial charge in [0, 0.05) is 25.0 Å². The molecule has 0 aliphatic rings. The third kappa shape index (κ3) is 3.32. The van der Waals surface area contributed by atoms with E-state index < -0.39 is 0 Å². The Morgan fingerprint density at radius 2 is 2.31 bits per heavy atom. The molecule has 0 radical (unpaired) electrons. The molecule has 72 valence electrons. The Balaban J connectivity index is 2.46. The lowest BCUT2D eigenvalue weighted by Gasteiger charge is -2.06. The first-order valence-electron chi connectivity index (χ1n) is 4.61. The van der Waals surface area contributed by atoms with Crippen molar-refractivity contribution in [1.82, 2.24) is 4.98 Å². The van der Waals surface area contributed by atoms with E-state index in [2.05, 4.69) is 24.1 Å². The van der Waals surface area contributed by atoms with Crippen LogP contribution in [0.15, 0.2) is 23.3 Å². The number of H-pyrrole nitrogens is 1. The van der Waals surface area contributed by atoms with Crippen LogP contribution >= 0.6 is 0 Å². The second-order valence-electron chi connectivity index (χ2n) is 3.53. The van der Waals surface area contributed by atoms with Gasteiger partial charge in [0.05, 0.1) is 5.69 Å². The lowest BCUT2D eigenvalue weighted by molar-refractivity contribution is 0.607. The third-order valence-electron chi connectivity index (χ3n) is 1.86. The molecular weight excluding hydrogens is 164 g/mol. The molecule has 0 saturated carbocycles. The first kappa shape index (κ1) is 9.84. The van der Waals surface area contributed by atoms with Gasteiger partial charge in [-0.1, -0.05) is 13.8 Å². The quantitative estimate of drug-likeness (QED) is 0.742. The van der Waals surface area contributed by atoms with Crippen molar-refractivity contribution < 1.29 is 0 Å². The molecule has 0 spiro atoms. The predicted molar refractivity (Wildman–Crippen MR) is 55.0 cm³/mol. The van der Waals surface area contributed by atoms with Gasteiger partial charge in [-0.25, -0.2) is 0 Å². The maximum atomic E-state index is 11.2. The minimum absolute atomic E-state index is 0.0440. The third-order valence-corrected chi connectivity index (χ3v) is 1.86. The Morgan fingerprint density at radius 1 is 1.54 bits per heavy atom. The van der Waals surface area contributed by atoms with E-state index in [0.29, 0.717) is 11.6 Å². The zero-order chi connectivity index (χ0) is 9.68. The number of aromatic amines is 1. The van der Waals surface area contributed by atoms with Gasteiger partial charge in [0.1, 0.15) is 0 Å². The van der Waals surface area contributed by atoms with Crippen molar-refractivity contribution >= 4 is 5.69 Å². The predicted octanol–water partition coefficient (Wildman–Crippen LogP) is 1.83. The molecule has 3 heteroatoms. The molecule has 0 atom stereocenters. The van der Waals surface area contributed by atoms with Gasteiger partial charge < -0.3 is 10.3 Å². The van der Waals surface area contributed by atoms with E-state index in [-0.39, 0.29) is 5.43 Å². The van der Waals surface area contributed by atoms with Crippen LogP contribution in [-0.2, 0) is 0 Å². The summed E-state index contributed by atoms with van der Waals surface area (Å²) in [5.74, 6) is 0.662. The molecule has 1 aromatic heterocycles. The van der Waals surface area contributed by atoms with Gasteiger partial charge >= 0.3 is 0 Å². The Hall–Kier alpha value is -1.25. The summed E-state index contributed by atoms with van der Waals surface area (Å²) < 4.78 is 0. The Labute approximate surface area is 78.2 Å². The second-order valence-corrected chi connectivity index (χ2v) is 3.53. The van der Waals surface area contributed by atoms with Crippen LogP contribution in [-0.4, -0.2) is 11.5 Å². The van der Waals surface area contributed by atoms with E-state index in [1.807, 2.05) is 0 Å². The zero-order valence-electron chi connectivity index (χ0n) is 8.13. The van der Waals surface area contributed by atoms with Gasteiger partial charge in [-0.15, -0.1) is 0 Å². The normalized spacial score (nSPS) is 10.4. The van der Waals surface area contributed by atoms with Crippen LogP contribution in [0.25, 0.3) is 0 Å². The number of hydrogen-bond donors (Lipinski definition) is 2. The van der Waals surface area contributed by atoms with Gasteiger partial charge in [0.25, 0.3) is 0 Å². The molecule has 0 bridgehead atoms. The van der Waals surface area contributed by atoms with Gasteiger partial charge in [0.2, 0.25) is 5.43 Å². The maximum absolute atomic E-state index is 11.2. The number of hydrogen-bond acceptors (Lipinski definition) is 2. The molecule has 0 aliphatic heterocycles. The summed E-state index contributed by atoms with van der Waals surface area (Å²) in [6.07, 6.45) is 4.41. The summed E-state index contributed by atoms with van der Waals surface area (Å²) in [5.41, 5.74) is 0.700. The molecule has 0 amide bonds. The van der Waals surface area contributed by atoms with Crippen LogP contribution in [0.3, 0.4) is 0 Å². The van der Waals surface area contributed by atoms with Crippen LogP contribution in [0.5, 0.6) is 0 Å². The molecule has 1 aromatic rings. The maximum Gasteiger partial charge on any atom is 0.204 e. The lowest BCUT2D eigenvalue weighted by Crippen LogP contribution is -2.12. The fourth-order valence-corrected chi connectivity index (χ4v) is 1.05. The van der Waals surface area contributed by atoms with E-state index in [1.165, 1.54) is 6.07 Å². The minimum Gasteiger partial charge on any atom is -0.381 e. The van der Waals surface area contributed by atoms with Crippen molar-refractivity contribution in [1.29, 1.82) is 0 Å². The van der Waals surface area contributed by atoms with Crippen LogP contribution in [0.2, 0.25) is 0 Å². The molecule has 1 heterocycles. The van der Waals surface area contributed by atoms with Crippen molar-refractivity contribution in [2.24, 2.45) is 5.92 Å². The summed E-state index contributed by atoms with van der Waals surface area (Å²) in [7, 11) is 0. The summed E-state index contributed by atoms with van der Waals surface area (Å²) in [5, 5.41) is 3.10. The average Bonchev–Trinajstić information content (AvgIpc) is 2.08. The Kier molecular flexibility index (Phi) is 3.55. The van der Waals surface area contributed by atoms with Gasteiger partial charge in [0.15, 0.2) is 0 Å². The zero-order valence-corrected chi connectivity index (χ0v) is 8.13. The summed E-state index contributed by atoms with van der Waals surface area (Å²) in [4.78, 5) is 14.1. The number of anilines is 1. The topological polar surface area (TPSA) is 44.9 Å². The van der Waals surface area contributed by atoms with Gasteiger partial charge in [-0.3, -0.25) is 4.79 Å². The highest BCUT2D eigenvalue weighted by Crippen LogP contribution is 2.00. The van der Waals surface area contributed by atoms with Crippen molar-refractivity contribution in [3.05, 3.63) is 28.7 Å². The smallest absolute Gasteiger partial charge is 0.204 e. The molecule has 3 nitrogen and oxygen atoms in total. The van der Waals surface area contributed by atoms with E-state index in [0.717, 1.165) is 13.0 Å². The van der Waals surface area contributed by atoms with E-state index >= 15 is 0 Å². The van der Waals surface area contributed by atoms with Gasteiger partial charge in [-0.05, 0) is 12.3 Å². The van der Waals surface area contributed by atoms with E-state index in [4.69, 9.17) is 0 Å². The lowest BCUT2D eigenvalue weighted by atomic mass is 10.1. The number of aromatic nitrogens is 1. The highest BCUT2D eigenvalue weighted by Gasteiger charge is 1.97. The average molecular weight is 180 g/mol. The second kappa shape index (κ2) is 4.70. The number of nitrogens with one attached hydrogen (secondary N) is 2. The van der Waals surface area contributed by atoms with Crippen LogP contribution in [0, 0.1) is 5.92 Å². The minimum atomic E-state index is 0.0440. The first-order valence-corrected chi connectivity index (χ1v) is 4.61. The Bertz CT molecular complexity index is 304. The van der Waals surface area contributed by atoms with Crippen LogP contribution in [0.4, 0.5) is 5.69 Å². The molecule has 1 rings (SSSR count). The van der Waals surface area contributed by atoms with Crippen LogP contribution < -0.4 is 10.7 Å². The molecule has 0 aliphatic carbocycles. The first-order chi connectivity index (χ1) is 6.20. The van der Waals surface area contributed by atoms with E-state index in [9.17, 15) is 4.79 Å². The fraction of sp³-hybridized carbons (Fsp3) is 0.500. The van der Waals surface area contributed by atoms with E-state index in [1.54, 1.807) is 12.4 Å². The van der Waals surface area contributed by atoms with Crippen molar-refractivity contribution in [3.63, 3.8) is 0 Å². The largest absolute Gasteiger partial charge is 0.381 e. The SMILES string of the molecule is CC(C)CCNc1c[nH]ccc1=O. The summed E-state index contributed by atoms with van der Waals surface area (Å²) >= 11 is 0. The van der Waals surface area contributed by atoms with Crippen molar-refractivity contribution in [3.8, 4) is 0 Å². The number of pyridine rings is 1. The Morgan fingerprint density at radius 3 is 2.92 bits per heavy atom.